The Morgan fingerprint density at radius 1 is 0.521 bits per heavy atom. The lowest BCUT2D eigenvalue weighted by Gasteiger charge is -2.46. The van der Waals surface area contributed by atoms with Crippen molar-refractivity contribution < 1.29 is 88.6 Å². The third-order valence-corrected chi connectivity index (χ3v) is 17.6. The molecule has 0 bridgehead atoms. The molecule has 94 heavy (non-hydrogen) atoms. The summed E-state index contributed by atoms with van der Waals surface area (Å²) in [4.78, 5) is 125. The van der Waals surface area contributed by atoms with E-state index in [1.54, 1.807) is 48.5 Å². The number of benzene rings is 3. The molecule has 16 N–H and O–H groups in total. The van der Waals surface area contributed by atoms with E-state index in [4.69, 9.17) is 18.9 Å². The number of hydrogen-bond donors (Lipinski definition) is 16. The van der Waals surface area contributed by atoms with E-state index in [-0.39, 0.29) is 86.1 Å². The zero-order chi connectivity index (χ0) is 68.3. The van der Waals surface area contributed by atoms with Gasteiger partial charge in [-0.2, -0.15) is 23.5 Å². The highest BCUT2D eigenvalue weighted by molar-refractivity contribution is 7.99. The second-order valence-electron chi connectivity index (χ2n) is 22.4. The van der Waals surface area contributed by atoms with E-state index < -0.39 is 156 Å². The number of amides is 4. The number of carboxylic acid groups (broad SMARTS) is 2. The van der Waals surface area contributed by atoms with Crippen LogP contribution in [0.4, 0.5) is 22.7 Å². The minimum Gasteiger partial charge on any atom is -0.477 e. The predicted octanol–water partition coefficient (Wildman–Crippen LogP) is -1.62. The Kier molecular flexibility index (Phi) is 27.0. The summed E-state index contributed by atoms with van der Waals surface area (Å²) < 4.78 is 23.1. The lowest BCUT2D eigenvalue weighted by molar-refractivity contribution is -0.310. The van der Waals surface area contributed by atoms with Gasteiger partial charge < -0.3 is 102 Å². The highest BCUT2D eigenvalue weighted by Gasteiger charge is 2.57. The number of hydrogen-bond acceptors (Lipinski definition) is 26. The van der Waals surface area contributed by atoms with Crippen LogP contribution in [0, 0.1) is 0 Å². The molecule has 2 heterocycles. The van der Waals surface area contributed by atoms with Gasteiger partial charge >= 0.3 is 11.9 Å². The van der Waals surface area contributed by atoms with Crippen molar-refractivity contribution in [2.24, 2.45) is 0 Å². The van der Waals surface area contributed by atoms with Crippen molar-refractivity contribution in [3.63, 3.8) is 0 Å². The summed E-state index contributed by atoms with van der Waals surface area (Å²) in [5.74, 6) is -8.80. The van der Waals surface area contributed by atoms with Crippen LogP contribution in [0.2, 0.25) is 0 Å². The van der Waals surface area contributed by atoms with Crippen LogP contribution in [-0.2, 0) is 51.2 Å². The molecule has 0 aliphatic carbocycles. The van der Waals surface area contributed by atoms with Crippen molar-refractivity contribution in [2.45, 2.75) is 125 Å². The first-order chi connectivity index (χ1) is 44.9. The molecule has 510 valence electrons. The largest absolute Gasteiger partial charge is 0.477 e. The van der Waals surface area contributed by atoms with Crippen LogP contribution in [0.1, 0.15) is 71.4 Å². The minimum absolute atomic E-state index is 0.0329. The molecule has 32 heteroatoms. The molecule has 0 aromatic heterocycles. The SMILES string of the molecule is CC(=O)N[C@@H]1[C@@H](O)C[C@](OCCCSCCNC(=O)c2ccc(C(=O)NCCSCCCO[C@]3(C(=O)O)C[C@H](O)[C@@H](NC(C)=O)[C@H](C(O)[C@H](O)CNc4c(NCc5ccccc5)c(=O)c4=O)O3)cc2)(C(=O)O)O[C@H]1C(O)[C@H](O)CNc1c(NCc2ccccc2)c(=O)c1=O. The maximum atomic E-state index is 12.9. The molecule has 0 radical (unpaired) electrons. The van der Waals surface area contributed by atoms with Gasteiger partial charge in [-0.3, -0.25) is 38.4 Å². The van der Waals surface area contributed by atoms with Gasteiger partial charge in [0.2, 0.25) is 11.8 Å². The van der Waals surface area contributed by atoms with Crippen molar-refractivity contribution >= 4 is 81.8 Å². The molecule has 2 fully saturated rings. The molecule has 2 unspecified atom stereocenters. The maximum Gasteiger partial charge on any atom is 0.364 e. The maximum absolute atomic E-state index is 12.9. The van der Waals surface area contributed by atoms with Gasteiger partial charge in [0.15, 0.2) is 0 Å². The van der Waals surface area contributed by atoms with Gasteiger partial charge in [0.05, 0.1) is 49.7 Å². The Morgan fingerprint density at radius 2 is 0.862 bits per heavy atom. The third-order valence-electron chi connectivity index (χ3n) is 15.4. The fraction of sp³-hybridized carbons (Fsp3) is 0.484. The molecule has 0 spiro atoms. The zero-order valence-electron chi connectivity index (χ0n) is 51.3. The molecule has 7 rings (SSSR count). The average Bonchev–Trinajstić information content (AvgIpc) is 0.791. The summed E-state index contributed by atoms with van der Waals surface area (Å²) in [5.41, 5.74) is -1.46. The topological polar surface area (TPSA) is 466 Å². The van der Waals surface area contributed by atoms with Crippen LogP contribution in [0.25, 0.3) is 0 Å². The van der Waals surface area contributed by atoms with Gasteiger partial charge in [-0.1, -0.05) is 60.7 Å². The number of rotatable bonds is 38. The standard InChI is InChI=1S/C62H78N8O22S2/c1-33(71)69-43-39(73)27-61(59(85)86,91-55(43)49(77)41(75)31-67-47-45(51(79)53(47)81)65-29-35-11-5-3-6-12-35)89-21-9-23-93-25-19-63-57(83)37-15-17-38(18-16-37)58(84)64-20-26-94-24-10-22-90-62(60(87)88)28-40(74)44(70-34(2)72)56(92-62)50(78)42(76)32-68-48-46(52(80)54(48)82)66-30-36-13-7-4-8-14-36/h3-8,11-18,39-44,49-50,55-56,65-68,73-78H,9-10,19-32H2,1-2H3,(H,63,83)(H,64,84)(H,69,71)(H,70,72)(H,85,86)(H,87,88)/t39-,40-,41+,42+,43+,44+,49?,50?,55+,56+,61+,62+/m0/s1. The summed E-state index contributed by atoms with van der Waals surface area (Å²) >= 11 is 2.80. The number of thioether (sulfide) groups is 2. The van der Waals surface area contributed by atoms with Crippen LogP contribution in [0.15, 0.2) is 104 Å². The molecule has 5 aromatic carbocycles. The zero-order valence-corrected chi connectivity index (χ0v) is 52.9. The van der Waals surface area contributed by atoms with Gasteiger partial charge in [0, 0.05) is 88.6 Å². The monoisotopic (exact) mass is 1350 g/mol. The molecule has 4 amide bonds. The number of aliphatic hydroxyl groups excluding tert-OH is 6. The van der Waals surface area contributed by atoms with Crippen molar-refractivity contribution in [1.82, 2.24) is 21.3 Å². The summed E-state index contributed by atoms with van der Waals surface area (Å²) in [7, 11) is 0. The number of carbonyl (C=O) groups excluding carboxylic acids is 4. The van der Waals surface area contributed by atoms with E-state index in [2.05, 4.69) is 42.5 Å². The molecule has 2 saturated heterocycles. The number of nitrogens with one attached hydrogen (secondary N) is 8. The van der Waals surface area contributed by atoms with Gasteiger partial charge in [-0.05, 0) is 59.7 Å². The molecule has 5 aromatic rings. The number of carbonyl (C=O) groups is 6. The van der Waals surface area contributed by atoms with Crippen molar-refractivity contribution in [2.75, 3.05) is 83.7 Å². The average molecular weight is 1350 g/mol. The quantitative estimate of drug-likeness (QED) is 0.0156. The van der Waals surface area contributed by atoms with E-state index in [0.717, 1.165) is 25.0 Å². The van der Waals surface area contributed by atoms with E-state index in [0.29, 0.717) is 23.0 Å². The van der Waals surface area contributed by atoms with E-state index in [1.807, 2.05) is 12.1 Å². The second-order valence-corrected chi connectivity index (χ2v) is 24.8. The Morgan fingerprint density at radius 3 is 1.19 bits per heavy atom. The molecule has 0 saturated carbocycles. The fourth-order valence-electron chi connectivity index (χ4n) is 10.5. The Hall–Kier alpha value is -7.86. The Balaban J connectivity index is 0.780. The van der Waals surface area contributed by atoms with Crippen LogP contribution in [-0.4, -0.2) is 211 Å². The number of aliphatic carboxylic acids is 2. The fourth-order valence-corrected chi connectivity index (χ4v) is 12.0. The van der Waals surface area contributed by atoms with E-state index in [9.17, 15) is 88.8 Å². The third kappa shape index (κ3) is 19.2. The minimum atomic E-state index is -2.52. The summed E-state index contributed by atoms with van der Waals surface area (Å²) in [6, 6.07) is 21.1. The number of anilines is 4. The first kappa shape index (κ1) is 73.5. The van der Waals surface area contributed by atoms with Gasteiger partial charge in [0.1, 0.15) is 47.2 Å². The lowest BCUT2D eigenvalue weighted by Crippen LogP contribution is -2.68. The highest BCUT2D eigenvalue weighted by Crippen LogP contribution is 2.36. The first-order valence-electron chi connectivity index (χ1n) is 30.1. The van der Waals surface area contributed by atoms with Crippen LogP contribution in [0.3, 0.4) is 0 Å². The molecule has 2 aliphatic heterocycles. The van der Waals surface area contributed by atoms with Crippen LogP contribution >= 0.6 is 23.5 Å². The second kappa shape index (κ2) is 34.5. The molecular weight excluding hydrogens is 1270 g/mol. The number of aliphatic hydroxyl groups is 6. The molecule has 30 nitrogen and oxygen atoms in total. The number of carboxylic acids is 2. The van der Waals surface area contributed by atoms with Crippen LogP contribution < -0.4 is 64.2 Å². The van der Waals surface area contributed by atoms with Gasteiger partial charge in [-0.25, -0.2) is 9.59 Å². The van der Waals surface area contributed by atoms with Crippen molar-refractivity contribution in [1.29, 1.82) is 0 Å². The summed E-state index contributed by atoms with van der Waals surface area (Å²) in [5, 5.41) is 109. The predicted molar refractivity (Wildman–Crippen MR) is 345 cm³/mol. The molecule has 2 aliphatic rings. The smallest absolute Gasteiger partial charge is 0.364 e. The Labute approximate surface area is 546 Å². The van der Waals surface area contributed by atoms with Gasteiger partial charge in [0.25, 0.3) is 45.1 Å². The van der Waals surface area contributed by atoms with E-state index >= 15 is 0 Å². The highest BCUT2D eigenvalue weighted by atomic mass is 32.2. The summed E-state index contributed by atoms with van der Waals surface area (Å²) in [6.45, 7) is 1.65. The Bertz CT molecular complexity index is 3300. The van der Waals surface area contributed by atoms with Crippen LogP contribution in [0.5, 0.6) is 0 Å². The van der Waals surface area contributed by atoms with Crippen molar-refractivity contribution in [3.05, 3.63) is 148 Å². The normalized spacial score (nSPS) is 22.4. The summed E-state index contributed by atoms with van der Waals surface area (Å²) in [6.07, 6.45) is -15.1. The first-order valence-corrected chi connectivity index (χ1v) is 32.4. The number of ether oxygens (including phenoxy) is 4. The van der Waals surface area contributed by atoms with E-state index in [1.165, 1.54) is 47.8 Å². The molecular formula is C62H78N8O22S2. The molecule has 12 atom stereocenters. The lowest BCUT2D eigenvalue weighted by atomic mass is 9.88. The van der Waals surface area contributed by atoms with Gasteiger partial charge in [-0.15, -0.1) is 0 Å². The van der Waals surface area contributed by atoms with Crippen molar-refractivity contribution in [3.8, 4) is 0 Å².